The third-order valence-electron chi connectivity index (χ3n) is 2.91. The van der Waals surface area contributed by atoms with E-state index in [4.69, 9.17) is 4.99 Å². The van der Waals surface area contributed by atoms with Crippen LogP contribution < -0.4 is 0 Å². The van der Waals surface area contributed by atoms with Crippen LogP contribution in [0.15, 0.2) is 53.1 Å². The molecule has 0 aliphatic rings. The third-order valence-corrected chi connectivity index (χ3v) is 2.91. The van der Waals surface area contributed by atoms with Crippen LogP contribution in [0.25, 0.3) is 0 Å². The largest absolute Gasteiger partial charge is 0.253 e. The zero-order valence-electron chi connectivity index (χ0n) is 12.1. The first-order chi connectivity index (χ1) is 8.56. The number of rotatable bonds is 4. The van der Waals surface area contributed by atoms with Crippen molar-refractivity contribution in [2.24, 2.45) is 10.9 Å². The highest BCUT2D eigenvalue weighted by Crippen LogP contribution is 2.21. The molecule has 0 aliphatic heterocycles. The first-order valence-electron chi connectivity index (χ1n) is 6.50. The van der Waals surface area contributed by atoms with E-state index in [1.54, 1.807) is 0 Å². The lowest BCUT2D eigenvalue weighted by Crippen LogP contribution is -2.04. The average molecular weight is 241 g/mol. The molecule has 0 fully saturated rings. The van der Waals surface area contributed by atoms with E-state index >= 15 is 0 Å². The molecule has 0 radical (unpaired) electrons. The Morgan fingerprint density at radius 2 is 1.89 bits per heavy atom. The summed E-state index contributed by atoms with van der Waals surface area (Å²) in [7, 11) is 0. The zero-order valence-corrected chi connectivity index (χ0v) is 12.1. The highest BCUT2D eigenvalue weighted by molar-refractivity contribution is 6.00. The maximum atomic E-state index is 4.75. The molecular weight excluding hydrogens is 218 g/mol. The van der Waals surface area contributed by atoms with E-state index in [0.717, 1.165) is 11.4 Å². The van der Waals surface area contributed by atoms with Crippen molar-refractivity contribution in [1.82, 2.24) is 0 Å². The summed E-state index contributed by atoms with van der Waals surface area (Å²) in [5, 5.41) is 0. The molecule has 1 aromatic rings. The molecule has 0 heterocycles. The van der Waals surface area contributed by atoms with Crippen LogP contribution in [0.5, 0.6) is 0 Å². The summed E-state index contributed by atoms with van der Waals surface area (Å²) in [5.74, 6) is 0.481. The lowest BCUT2D eigenvalue weighted by molar-refractivity contribution is 0.802. The number of hydrogen-bond donors (Lipinski definition) is 0. The van der Waals surface area contributed by atoms with Gasteiger partial charge in [0.05, 0.1) is 5.69 Å². The fourth-order valence-corrected chi connectivity index (χ4v) is 1.86. The Balaban J connectivity index is 3.11. The summed E-state index contributed by atoms with van der Waals surface area (Å²) in [6.45, 7) is 10.6. The Labute approximate surface area is 111 Å². The number of benzene rings is 1. The van der Waals surface area contributed by atoms with Gasteiger partial charge in [-0.15, -0.1) is 0 Å². The number of aryl methyl sites for hydroxylation is 1. The topological polar surface area (TPSA) is 12.4 Å². The molecule has 1 nitrogen and oxygen atoms in total. The molecule has 0 aliphatic carbocycles. The fourth-order valence-electron chi connectivity index (χ4n) is 1.86. The second-order valence-electron chi connectivity index (χ2n) is 4.79. The molecule has 0 saturated heterocycles. The van der Waals surface area contributed by atoms with E-state index < -0.39 is 0 Å². The molecule has 0 spiro atoms. The van der Waals surface area contributed by atoms with Gasteiger partial charge in [-0.3, -0.25) is 4.99 Å². The van der Waals surface area contributed by atoms with Gasteiger partial charge in [-0.25, -0.2) is 0 Å². The molecule has 1 heteroatoms. The first kappa shape index (κ1) is 14.4. The van der Waals surface area contributed by atoms with Gasteiger partial charge in [-0.2, -0.15) is 0 Å². The molecule has 0 aromatic heterocycles. The van der Waals surface area contributed by atoms with Gasteiger partial charge < -0.3 is 0 Å². The maximum absolute atomic E-state index is 4.75. The van der Waals surface area contributed by atoms with Gasteiger partial charge in [0.2, 0.25) is 0 Å². The van der Waals surface area contributed by atoms with Crippen molar-refractivity contribution in [3.05, 3.63) is 53.6 Å². The summed E-state index contributed by atoms with van der Waals surface area (Å²) >= 11 is 0. The maximum Gasteiger partial charge on any atom is 0.0662 e. The Kier molecular flexibility index (Phi) is 5.57. The van der Waals surface area contributed by atoms with E-state index in [0.29, 0.717) is 5.92 Å². The second kappa shape index (κ2) is 6.95. The van der Waals surface area contributed by atoms with Crippen molar-refractivity contribution in [1.29, 1.82) is 0 Å². The van der Waals surface area contributed by atoms with Crippen molar-refractivity contribution in [3.63, 3.8) is 0 Å². The van der Waals surface area contributed by atoms with E-state index in [2.05, 4.69) is 52.0 Å². The standard InChI is InChI=1S/C17H23N/c1-6-7-11-16(13(2)3)15(5)18-17-12-9-8-10-14(17)4/h6-13H,1-5H3/b7-6-,16-11+,18-15?. The van der Waals surface area contributed by atoms with Gasteiger partial charge in [-0.05, 0) is 43.9 Å². The van der Waals surface area contributed by atoms with E-state index in [1.807, 2.05) is 25.1 Å². The molecule has 0 saturated carbocycles. The number of allylic oxidation sites excluding steroid dienone is 4. The molecule has 1 aromatic carbocycles. The normalized spacial score (nSPS) is 13.7. The highest BCUT2D eigenvalue weighted by Gasteiger charge is 2.06. The number of para-hydroxylation sites is 1. The lowest BCUT2D eigenvalue weighted by Gasteiger charge is -2.11. The SMILES string of the molecule is C/C=C\C=C(\C(C)=Nc1ccccc1C)C(C)C. The van der Waals surface area contributed by atoms with Gasteiger partial charge >= 0.3 is 0 Å². The third kappa shape index (κ3) is 3.99. The summed E-state index contributed by atoms with van der Waals surface area (Å²) < 4.78 is 0. The van der Waals surface area contributed by atoms with E-state index in [-0.39, 0.29) is 0 Å². The minimum absolute atomic E-state index is 0.481. The van der Waals surface area contributed by atoms with Crippen LogP contribution in [-0.4, -0.2) is 5.71 Å². The molecule has 0 amide bonds. The van der Waals surface area contributed by atoms with Gasteiger partial charge in [0.25, 0.3) is 0 Å². The van der Waals surface area contributed by atoms with Crippen molar-refractivity contribution in [3.8, 4) is 0 Å². The van der Waals surface area contributed by atoms with Gasteiger partial charge in [0, 0.05) is 5.71 Å². The minimum Gasteiger partial charge on any atom is -0.253 e. The van der Waals surface area contributed by atoms with E-state index in [1.165, 1.54) is 11.1 Å². The molecular formula is C17H23N. The Morgan fingerprint density at radius 1 is 1.22 bits per heavy atom. The first-order valence-corrected chi connectivity index (χ1v) is 6.50. The monoisotopic (exact) mass is 241 g/mol. The smallest absolute Gasteiger partial charge is 0.0662 e. The van der Waals surface area contributed by atoms with Crippen molar-refractivity contribution < 1.29 is 0 Å². The van der Waals surface area contributed by atoms with Crippen LogP contribution in [-0.2, 0) is 0 Å². The predicted octanol–water partition coefficient (Wildman–Crippen LogP) is 5.25. The summed E-state index contributed by atoms with van der Waals surface area (Å²) in [6, 6.07) is 8.23. The lowest BCUT2D eigenvalue weighted by atomic mass is 9.98. The molecule has 18 heavy (non-hydrogen) atoms. The highest BCUT2D eigenvalue weighted by atomic mass is 14.7. The van der Waals surface area contributed by atoms with Crippen LogP contribution in [0.1, 0.15) is 33.3 Å². The molecule has 0 atom stereocenters. The Morgan fingerprint density at radius 3 is 2.44 bits per heavy atom. The Bertz CT molecular complexity index is 476. The quantitative estimate of drug-likeness (QED) is 0.504. The van der Waals surface area contributed by atoms with Crippen LogP contribution in [0.2, 0.25) is 0 Å². The zero-order chi connectivity index (χ0) is 13.5. The van der Waals surface area contributed by atoms with Crippen LogP contribution in [0.4, 0.5) is 5.69 Å². The molecule has 96 valence electrons. The van der Waals surface area contributed by atoms with Crippen molar-refractivity contribution in [2.75, 3.05) is 0 Å². The van der Waals surface area contributed by atoms with Crippen molar-refractivity contribution >= 4 is 11.4 Å². The number of hydrogen-bond acceptors (Lipinski definition) is 1. The van der Waals surface area contributed by atoms with Gasteiger partial charge in [0.1, 0.15) is 0 Å². The van der Waals surface area contributed by atoms with Gasteiger partial charge in [0.15, 0.2) is 0 Å². The molecule has 0 bridgehead atoms. The van der Waals surface area contributed by atoms with Crippen LogP contribution >= 0.6 is 0 Å². The second-order valence-corrected chi connectivity index (χ2v) is 4.79. The number of aliphatic imine (C=N–C) groups is 1. The molecule has 0 unspecified atom stereocenters. The van der Waals surface area contributed by atoms with Crippen LogP contribution in [0, 0.1) is 12.8 Å². The van der Waals surface area contributed by atoms with E-state index in [9.17, 15) is 0 Å². The fraction of sp³-hybridized carbons (Fsp3) is 0.353. The van der Waals surface area contributed by atoms with Gasteiger partial charge in [-0.1, -0.05) is 50.3 Å². The Hall–Kier alpha value is -1.63. The summed E-state index contributed by atoms with van der Waals surface area (Å²) in [5.41, 5.74) is 4.65. The summed E-state index contributed by atoms with van der Waals surface area (Å²) in [4.78, 5) is 4.75. The predicted molar refractivity (Wildman–Crippen MR) is 81.7 cm³/mol. The van der Waals surface area contributed by atoms with Crippen LogP contribution in [0.3, 0.4) is 0 Å². The molecule has 0 N–H and O–H groups in total. The number of nitrogens with zero attached hydrogens (tertiary/aromatic N) is 1. The summed E-state index contributed by atoms with van der Waals surface area (Å²) in [6.07, 6.45) is 6.28. The van der Waals surface area contributed by atoms with Crippen molar-refractivity contribution in [2.45, 2.75) is 34.6 Å². The molecule has 1 rings (SSSR count). The average Bonchev–Trinajstić information content (AvgIpc) is 2.32. The minimum atomic E-state index is 0.481.